The molecule has 1 aromatic heterocycles. The molecule has 0 aliphatic carbocycles. The average molecular weight is 532 g/mol. The van der Waals surface area contributed by atoms with Crippen molar-refractivity contribution in [3.63, 3.8) is 0 Å². The molecule has 0 radical (unpaired) electrons. The first-order valence-corrected chi connectivity index (χ1v) is 12.9. The number of esters is 1. The highest BCUT2D eigenvalue weighted by atomic mass is 35.5. The molecule has 1 saturated heterocycles. The number of anilines is 1. The fourth-order valence-corrected chi connectivity index (χ4v) is 5.86. The van der Waals surface area contributed by atoms with E-state index in [0.29, 0.717) is 27.2 Å². The molecule has 0 bridgehead atoms. The Bertz CT molecular complexity index is 1190. The number of piperazine rings is 1. The molecule has 1 N–H and O–H groups in total. The number of amides is 1. The molecule has 4 rings (SSSR count). The van der Waals surface area contributed by atoms with E-state index in [4.69, 9.17) is 27.9 Å². The summed E-state index contributed by atoms with van der Waals surface area (Å²) in [6.07, 6.45) is 0. The van der Waals surface area contributed by atoms with Crippen molar-refractivity contribution in [2.45, 2.75) is 13.5 Å². The van der Waals surface area contributed by atoms with E-state index in [1.54, 1.807) is 0 Å². The lowest BCUT2D eigenvalue weighted by Crippen LogP contribution is -2.48. The van der Waals surface area contributed by atoms with E-state index in [2.05, 4.69) is 15.1 Å². The molecular formula is C26H27Cl2N3O3S. The van der Waals surface area contributed by atoms with Crippen LogP contribution < -0.4 is 5.32 Å². The van der Waals surface area contributed by atoms with Crippen LogP contribution in [0.4, 0.5) is 5.00 Å². The number of carbonyl (C=O) groups excluding carboxylic acids is 2. The zero-order valence-electron chi connectivity index (χ0n) is 19.6. The lowest BCUT2D eigenvalue weighted by molar-refractivity contribution is -0.117. The topological polar surface area (TPSA) is 61.9 Å². The fraction of sp³-hybridized carbons (Fsp3) is 0.308. The number of halogens is 2. The van der Waals surface area contributed by atoms with E-state index >= 15 is 0 Å². The predicted molar refractivity (Wildman–Crippen MR) is 143 cm³/mol. The summed E-state index contributed by atoms with van der Waals surface area (Å²) in [6, 6.07) is 15.2. The maximum Gasteiger partial charge on any atom is 0.341 e. The Labute approximate surface area is 219 Å². The lowest BCUT2D eigenvalue weighted by Gasteiger charge is -2.34. The number of thiophene rings is 1. The van der Waals surface area contributed by atoms with Gasteiger partial charge in [-0.25, -0.2) is 4.79 Å². The van der Waals surface area contributed by atoms with Gasteiger partial charge in [0, 0.05) is 58.8 Å². The van der Waals surface area contributed by atoms with Gasteiger partial charge in [-0.3, -0.25) is 14.6 Å². The first-order chi connectivity index (χ1) is 16.9. The monoisotopic (exact) mass is 531 g/mol. The Morgan fingerprint density at radius 2 is 1.60 bits per heavy atom. The zero-order chi connectivity index (χ0) is 24.9. The van der Waals surface area contributed by atoms with Crippen molar-refractivity contribution in [2.75, 3.05) is 45.2 Å². The van der Waals surface area contributed by atoms with Crippen molar-refractivity contribution < 1.29 is 14.3 Å². The van der Waals surface area contributed by atoms with Crippen LogP contribution in [0, 0.1) is 6.92 Å². The van der Waals surface area contributed by atoms with Crippen LogP contribution >= 0.6 is 34.5 Å². The molecule has 1 aliphatic rings. The van der Waals surface area contributed by atoms with Crippen LogP contribution in [0.25, 0.3) is 11.1 Å². The third-order valence-electron chi connectivity index (χ3n) is 6.06. The Hall–Kier alpha value is -2.42. The van der Waals surface area contributed by atoms with Gasteiger partial charge in [-0.15, -0.1) is 11.3 Å². The summed E-state index contributed by atoms with van der Waals surface area (Å²) in [7, 11) is 1.35. The molecule has 1 amide bonds. The minimum absolute atomic E-state index is 0.154. The molecule has 9 heteroatoms. The summed E-state index contributed by atoms with van der Waals surface area (Å²) < 4.78 is 5.04. The molecule has 2 aromatic carbocycles. The second-order valence-corrected chi connectivity index (χ2v) is 10.4. The van der Waals surface area contributed by atoms with Crippen LogP contribution in [0.3, 0.4) is 0 Å². The number of hydrogen-bond donors (Lipinski definition) is 1. The molecule has 35 heavy (non-hydrogen) atoms. The highest BCUT2D eigenvalue weighted by Crippen LogP contribution is 2.40. The quantitative estimate of drug-likeness (QED) is 0.403. The van der Waals surface area contributed by atoms with Gasteiger partial charge in [0.05, 0.1) is 13.7 Å². The lowest BCUT2D eigenvalue weighted by atomic mass is 10.0. The standard InChI is InChI=1S/C26H27Cl2N3O3S/c1-17-23(18-7-4-3-5-8-18)24(26(33)34-2)25(35-17)29-22(32)16-31-13-11-30(12-14-31)15-19-20(27)9-6-10-21(19)28/h3-10H,11-16H2,1-2H3,(H,29,32). The fourth-order valence-electron chi connectivity index (χ4n) is 4.26. The van der Waals surface area contributed by atoms with Crippen LogP contribution in [-0.2, 0) is 16.1 Å². The Morgan fingerprint density at radius 1 is 0.971 bits per heavy atom. The highest BCUT2D eigenvalue weighted by Gasteiger charge is 2.26. The average Bonchev–Trinajstić information content (AvgIpc) is 3.17. The molecule has 3 aromatic rings. The molecule has 0 saturated carbocycles. The van der Waals surface area contributed by atoms with Crippen LogP contribution in [0.5, 0.6) is 0 Å². The van der Waals surface area contributed by atoms with Crippen molar-refractivity contribution in [1.29, 1.82) is 0 Å². The normalized spacial score (nSPS) is 14.6. The van der Waals surface area contributed by atoms with Crippen molar-refractivity contribution in [3.05, 3.63) is 74.6 Å². The second-order valence-electron chi connectivity index (χ2n) is 8.40. The first kappa shape index (κ1) is 25.7. The molecule has 0 atom stereocenters. The first-order valence-electron chi connectivity index (χ1n) is 11.3. The largest absolute Gasteiger partial charge is 0.465 e. The van der Waals surface area contributed by atoms with Gasteiger partial charge >= 0.3 is 5.97 Å². The zero-order valence-corrected chi connectivity index (χ0v) is 22.0. The molecule has 6 nitrogen and oxygen atoms in total. The molecule has 0 spiro atoms. The Kier molecular flexibility index (Phi) is 8.46. The predicted octanol–water partition coefficient (Wildman–Crippen LogP) is 5.57. The minimum Gasteiger partial charge on any atom is -0.465 e. The van der Waals surface area contributed by atoms with Crippen LogP contribution in [0.2, 0.25) is 10.0 Å². The third kappa shape index (κ3) is 6.05. The van der Waals surface area contributed by atoms with E-state index < -0.39 is 5.97 Å². The van der Waals surface area contributed by atoms with Gasteiger partial charge in [-0.05, 0) is 24.6 Å². The van der Waals surface area contributed by atoms with E-state index in [1.165, 1.54) is 18.4 Å². The number of methoxy groups -OCH3 is 1. The van der Waals surface area contributed by atoms with E-state index in [1.807, 2.05) is 55.5 Å². The summed E-state index contributed by atoms with van der Waals surface area (Å²) in [5, 5.41) is 4.81. The summed E-state index contributed by atoms with van der Waals surface area (Å²) >= 11 is 14.0. The number of rotatable bonds is 7. The number of benzene rings is 2. The van der Waals surface area contributed by atoms with Crippen LogP contribution in [-0.4, -0.2) is 61.5 Å². The molecule has 184 valence electrons. The van der Waals surface area contributed by atoms with Gasteiger partial charge in [0.25, 0.3) is 0 Å². The summed E-state index contributed by atoms with van der Waals surface area (Å²) in [4.78, 5) is 30.9. The Morgan fingerprint density at radius 3 is 2.23 bits per heavy atom. The molecule has 1 fully saturated rings. The number of nitrogens with zero attached hydrogens (tertiary/aromatic N) is 2. The molecule has 0 unspecified atom stereocenters. The van der Waals surface area contributed by atoms with Gasteiger partial charge < -0.3 is 10.1 Å². The number of ether oxygens (including phenoxy) is 1. The highest BCUT2D eigenvalue weighted by molar-refractivity contribution is 7.17. The van der Waals surface area contributed by atoms with Crippen LogP contribution in [0.15, 0.2) is 48.5 Å². The van der Waals surface area contributed by atoms with Gasteiger partial charge in [0.15, 0.2) is 0 Å². The molecule has 1 aliphatic heterocycles. The number of aryl methyl sites for hydroxylation is 1. The molecule has 2 heterocycles. The summed E-state index contributed by atoms with van der Waals surface area (Å²) in [5.41, 5.74) is 3.04. The van der Waals surface area contributed by atoms with E-state index in [9.17, 15) is 9.59 Å². The van der Waals surface area contributed by atoms with E-state index in [0.717, 1.165) is 47.7 Å². The second kappa shape index (κ2) is 11.5. The van der Waals surface area contributed by atoms with Crippen molar-refractivity contribution in [2.24, 2.45) is 0 Å². The maximum atomic E-state index is 12.9. The number of nitrogens with one attached hydrogen (secondary N) is 1. The van der Waals surface area contributed by atoms with Gasteiger partial charge in [0.1, 0.15) is 10.6 Å². The Balaban J connectivity index is 1.39. The van der Waals surface area contributed by atoms with Crippen molar-refractivity contribution >= 4 is 51.4 Å². The van der Waals surface area contributed by atoms with Gasteiger partial charge in [0.2, 0.25) is 5.91 Å². The summed E-state index contributed by atoms with van der Waals surface area (Å²) in [5.74, 6) is -0.617. The van der Waals surface area contributed by atoms with Crippen LogP contribution in [0.1, 0.15) is 20.8 Å². The maximum absolute atomic E-state index is 12.9. The van der Waals surface area contributed by atoms with Crippen molar-refractivity contribution in [1.82, 2.24) is 9.80 Å². The number of carbonyl (C=O) groups is 2. The van der Waals surface area contributed by atoms with Crippen molar-refractivity contribution in [3.8, 4) is 11.1 Å². The molecular weight excluding hydrogens is 505 g/mol. The SMILES string of the molecule is COC(=O)c1c(NC(=O)CN2CCN(Cc3c(Cl)cccc3Cl)CC2)sc(C)c1-c1ccccc1. The third-order valence-corrected chi connectivity index (χ3v) is 7.79. The minimum atomic E-state index is -0.463. The van der Waals surface area contributed by atoms with E-state index in [-0.39, 0.29) is 12.5 Å². The van der Waals surface area contributed by atoms with Gasteiger partial charge in [-0.1, -0.05) is 59.6 Å². The number of hydrogen-bond acceptors (Lipinski definition) is 6. The smallest absolute Gasteiger partial charge is 0.341 e. The van der Waals surface area contributed by atoms with Gasteiger partial charge in [-0.2, -0.15) is 0 Å². The summed E-state index contributed by atoms with van der Waals surface area (Å²) in [6.45, 7) is 5.98.